The molecule has 0 bridgehead atoms. The van der Waals surface area contributed by atoms with Crippen LogP contribution in [0, 0.1) is 5.92 Å². The van der Waals surface area contributed by atoms with Crippen LogP contribution in [0.2, 0.25) is 6.55 Å². The van der Waals surface area contributed by atoms with Crippen molar-refractivity contribution in [3.63, 3.8) is 0 Å². The minimum Gasteiger partial charge on any atom is -0.492 e. The smallest absolute Gasteiger partial charge is 0.297 e. The second kappa shape index (κ2) is 10.3. The van der Waals surface area contributed by atoms with E-state index in [9.17, 15) is 4.79 Å². The zero-order valence-electron chi connectivity index (χ0n) is 13.1. The van der Waals surface area contributed by atoms with Crippen LogP contribution < -0.4 is 4.74 Å². The molecule has 1 unspecified atom stereocenters. The van der Waals surface area contributed by atoms with Crippen molar-refractivity contribution < 1.29 is 9.53 Å². The van der Waals surface area contributed by atoms with E-state index >= 15 is 0 Å². The number of carbonyl (C=O) groups is 1. The van der Waals surface area contributed by atoms with Crippen LogP contribution in [0.15, 0.2) is 34.2 Å². The van der Waals surface area contributed by atoms with Gasteiger partial charge in [0.1, 0.15) is 5.75 Å². The molecule has 2 radical (unpaired) electrons. The first-order chi connectivity index (χ1) is 10.2. The highest BCUT2D eigenvalue weighted by Crippen LogP contribution is 2.21. The maximum Gasteiger partial charge on any atom is 0.297 e. The van der Waals surface area contributed by atoms with Crippen LogP contribution in [-0.2, 0) is 0 Å². The number of amides is 1. The summed E-state index contributed by atoms with van der Waals surface area (Å²) in [6.45, 7) is 6.89. The number of benzene rings is 1. The Kier molecular flexibility index (Phi) is 8.58. The largest absolute Gasteiger partial charge is 0.492 e. The van der Waals surface area contributed by atoms with E-state index in [0.29, 0.717) is 23.8 Å². The Bertz CT molecular complexity index is 463. The average Bonchev–Trinajstić information content (AvgIpc) is 2.53. The van der Waals surface area contributed by atoms with E-state index in [-0.39, 0.29) is 15.6 Å². The third kappa shape index (κ3) is 6.21. The summed E-state index contributed by atoms with van der Waals surface area (Å²) in [7, 11) is 0.286. The van der Waals surface area contributed by atoms with Gasteiger partial charge in [0.2, 0.25) is 9.68 Å². The molecule has 5 heteroatoms. The Labute approximate surface area is 129 Å². The van der Waals surface area contributed by atoms with Crippen molar-refractivity contribution in [2.24, 2.45) is 15.8 Å². The minimum atomic E-state index is -0.332. The summed E-state index contributed by atoms with van der Waals surface area (Å²) < 4.78 is 9.66. The Morgan fingerprint density at radius 2 is 2.10 bits per heavy atom. The fraction of sp³-hybridized carbons (Fsp3) is 0.562. The van der Waals surface area contributed by atoms with Crippen LogP contribution in [0.4, 0.5) is 0 Å². The number of ether oxygens (including phenoxy) is 1. The molecule has 114 valence electrons. The van der Waals surface area contributed by atoms with E-state index in [0.717, 1.165) is 6.42 Å². The van der Waals surface area contributed by atoms with Gasteiger partial charge in [-0.05, 0) is 31.0 Å². The number of hydrogen-bond acceptors (Lipinski definition) is 3. The maximum absolute atomic E-state index is 12.0. The molecular formula is C16H24N2O2Si. The fourth-order valence-electron chi connectivity index (χ4n) is 2.02. The van der Waals surface area contributed by atoms with Crippen molar-refractivity contribution in [1.29, 1.82) is 0 Å². The van der Waals surface area contributed by atoms with E-state index in [4.69, 9.17) is 4.74 Å². The lowest BCUT2D eigenvalue weighted by Gasteiger charge is -2.16. The van der Waals surface area contributed by atoms with Gasteiger partial charge in [0.05, 0.1) is 12.2 Å². The van der Waals surface area contributed by atoms with E-state index in [1.54, 1.807) is 6.07 Å². The van der Waals surface area contributed by atoms with Crippen molar-refractivity contribution in [2.75, 3.05) is 6.61 Å². The van der Waals surface area contributed by atoms with Gasteiger partial charge < -0.3 is 4.74 Å². The van der Waals surface area contributed by atoms with E-state index in [1.165, 1.54) is 19.3 Å². The molecule has 1 amide bonds. The molecule has 1 atom stereocenters. The summed E-state index contributed by atoms with van der Waals surface area (Å²) in [5.74, 6) is 0.809. The number of unbranched alkanes of at least 4 members (excludes halogenated alkanes) is 1. The molecule has 0 aliphatic carbocycles. The highest BCUT2D eigenvalue weighted by molar-refractivity contribution is 6.30. The number of carbonyl (C=O) groups excluding carboxylic acids is 1. The van der Waals surface area contributed by atoms with Crippen molar-refractivity contribution in [3.8, 4) is 5.75 Å². The summed E-state index contributed by atoms with van der Waals surface area (Å²) in [5, 5.41) is 3.69. The Balaban J connectivity index is 2.70. The molecule has 0 spiro atoms. The van der Waals surface area contributed by atoms with Gasteiger partial charge >= 0.3 is 0 Å². The predicted octanol–water partition coefficient (Wildman–Crippen LogP) is 4.54. The number of para-hydroxylation sites is 1. The van der Waals surface area contributed by atoms with Gasteiger partial charge in [0.15, 0.2) is 0 Å². The van der Waals surface area contributed by atoms with Gasteiger partial charge in [-0.2, -0.15) is 0 Å². The summed E-state index contributed by atoms with van der Waals surface area (Å²) in [6.07, 6.45) is 4.67. The standard InChI is InChI=1S/C16H24N2O2Si/c1-4-6-9-13(5-2)12-20-15-11-8-7-10-14(15)16(19)17-18-21-3/h7-8,10-11,13H,4-6,9,12H2,1-3H3. The zero-order chi connectivity index (χ0) is 15.5. The van der Waals surface area contributed by atoms with Gasteiger partial charge in [0, 0.05) is 0 Å². The molecule has 1 rings (SSSR count). The molecule has 0 aliphatic rings. The lowest BCUT2D eigenvalue weighted by molar-refractivity contribution is 0.0990. The highest BCUT2D eigenvalue weighted by Gasteiger charge is 2.13. The molecule has 0 heterocycles. The van der Waals surface area contributed by atoms with Crippen LogP contribution in [0.5, 0.6) is 5.75 Å². The minimum absolute atomic E-state index is 0.286. The monoisotopic (exact) mass is 304 g/mol. The maximum atomic E-state index is 12.0. The summed E-state index contributed by atoms with van der Waals surface area (Å²) in [5.41, 5.74) is 0.491. The third-order valence-electron chi connectivity index (χ3n) is 3.38. The van der Waals surface area contributed by atoms with E-state index < -0.39 is 0 Å². The van der Waals surface area contributed by atoms with Crippen molar-refractivity contribution in [1.82, 2.24) is 0 Å². The fourth-order valence-corrected chi connectivity index (χ4v) is 2.22. The topological polar surface area (TPSA) is 51.0 Å². The first-order valence-electron chi connectivity index (χ1n) is 7.56. The molecular weight excluding hydrogens is 280 g/mol. The van der Waals surface area contributed by atoms with Crippen LogP contribution in [0.25, 0.3) is 0 Å². The SMILES string of the molecule is CCCCC(CC)COc1ccccc1C(=O)N=N[Si]C. The predicted molar refractivity (Wildman–Crippen MR) is 86.0 cm³/mol. The second-order valence-corrected chi connectivity index (χ2v) is 5.60. The van der Waals surface area contributed by atoms with Gasteiger partial charge in [-0.1, -0.05) is 45.2 Å². The quantitative estimate of drug-likeness (QED) is 0.496. The summed E-state index contributed by atoms with van der Waals surface area (Å²) in [4.78, 5) is 12.0. The Morgan fingerprint density at radius 3 is 2.76 bits per heavy atom. The van der Waals surface area contributed by atoms with Crippen molar-refractivity contribution in [3.05, 3.63) is 29.8 Å². The molecule has 0 N–H and O–H groups in total. The normalized spacial score (nSPS) is 12.5. The van der Waals surface area contributed by atoms with E-state index in [2.05, 4.69) is 23.7 Å². The second-order valence-electron chi connectivity index (χ2n) is 4.95. The van der Waals surface area contributed by atoms with Crippen LogP contribution in [-0.4, -0.2) is 22.2 Å². The Morgan fingerprint density at radius 1 is 1.33 bits per heavy atom. The van der Waals surface area contributed by atoms with Gasteiger partial charge in [-0.3, -0.25) is 4.79 Å². The molecule has 1 aromatic carbocycles. The van der Waals surface area contributed by atoms with Gasteiger partial charge in [-0.25, -0.2) is 4.78 Å². The first kappa shape index (κ1) is 17.6. The van der Waals surface area contributed by atoms with Crippen LogP contribution in [0.1, 0.15) is 49.9 Å². The molecule has 0 saturated heterocycles. The average molecular weight is 304 g/mol. The summed E-state index contributed by atoms with van der Waals surface area (Å²) >= 11 is 0. The van der Waals surface area contributed by atoms with Crippen molar-refractivity contribution >= 4 is 15.6 Å². The van der Waals surface area contributed by atoms with Crippen molar-refractivity contribution in [2.45, 2.75) is 46.1 Å². The lowest BCUT2D eigenvalue weighted by atomic mass is 10.0. The number of hydrogen-bond donors (Lipinski definition) is 0. The number of rotatable bonds is 9. The first-order valence-corrected chi connectivity index (χ1v) is 9.01. The Hall–Kier alpha value is -1.49. The molecule has 1 aromatic rings. The van der Waals surface area contributed by atoms with Crippen LogP contribution >= 0.6 is 0 Å². The number of nitrogens with zero attached hydrogens (tertiary/aromatic N) is 2. The zero-order valence-corrected chi connectivity index (χ0v) is 14.1. The lowest BCUT2D eigenvalue weighted by Crippen LogP contribution is -2.13. The molecule has 4 nitrogen and oxygen atoms in total. The highest BCUT2D eigenvalue weighted by atomic mass is 28.2. The third-order valence-corrected chi connectivity index (χ3v) is 3.68. The van der Waals surface area contributed by atoms with Crippen LogP contribution in [0.3, 0.4) is 0 Å². The summed E-state index contributed by atoms with van der Waals surface area (Å²) in [6, 6.07) is 7.25. The molecule has 0 fully saturated rings. The molecule has 0 aliphatic heterocycles. The molecule has 0 saturated carbocycles. The van der Waals surface area contributed by atoms with Gasteiger partial charge in [0.25, 0.3) is 5.91 Å². The van der Waals surface area contributed by atoms with Gasteiger partial charge in [-0.15, -0.1) is 5.11 Å². The van der Waals surface area contributed by atoms with E-state index in [1.807, 2.05) is 24.7 Å². The molecule has 21 heavy (non-hydrogen) atoms. The molecule has 0 aromatic heterocycles.